The number of hydrogen-bond acceptors (Lipinski definition) is 5. The largest absolute Gasteiger partial charge is 0.435 e. The molecule has 0 aromatic carbocycles. The first-order valence-electron chi connectivity index (χ1n) is 9.18. The maximum absolute atomic E-state index is 12.9. The summed E-state index contributed by atoms with van der Waals surface area (Å²) in [5, 5.41) is 21.3. The summed E-state index contributed by atoms with van der Waals surface area (Å²) in [4.78, 5) is 22.5. The molecule has 12 heteroatoms. The van der Waals surface area contributed by atoms with E-state index in [0.29, 0.717) is 12.1 Å². The average molecular weight is 414 g/mol. The van der Waals surface area contributed by atoms with E-state index in [2.05, 4.69) is 15.5 Å². The van der Waals surface area contributed by atoms with Gasteiger partial charge in [-0.15, -0.1) is 0 Å². The number of carbonyl (C=O) groups is 1. The van der Waals surface area contributed by atoms with Crippen molar-refractivity contribution >= 4 is 11.6 Å². The van der Waals surface area contributed by atoms with Gasteiger partial charge in [-0.1, -0.05) is 0 Å². The third-order valence-electron chi connectivity index (χ3n) is 4.79. The smallest absolute Gasteiger partial charge is 0.354 e. The molecule has 0 radical (unpaired) electrons. The number of aromatic nitrogens is 4. The zero-order chi connectivity index (χ0) is 21.3. The van der Waals surface area contributed by atoms with Crippen molar-refractivity contribution in [3.8, 4) is 0 Å². The molecule has 2 heterocycles. The summed E-state index contributed by atoms with van der Waals surface area (Å²) in [6, 6.07) is 1.10. The van der Waals surface area contributed by atoms with Gasteiger partial charge in [0.25, 0.3) is 0 Å². The van der Waals surface area contributed by atoms with Crippen molar-refractivity contribution in [2.24, 2.45) is 0 Å². The van der Waals surface area contributed by atoms with Crippen molar-refractivity contribution < 1.29 is 22.9 Å². The molecule has 0 unspecified atom stereocenters. The van der Waals surface area contributed by atoms with Gasteiger partial charge in [-0.2, -0.15) is 23.4 Å². The molecule has 0 aliphatic heterocycles. The molecule has 0 bridgehead atoms. The number of nitro groups is 1. The summed E-state index contributed by atoms with van der Waals surface area (Å²) in [7, 11) is 0. The van der Waals surface area contributed by atoms with Crippen LogP contribution in [0.2, 0.25) is 0 Å². The van der Waals surface area contributed by atoms with E-state index in [0.717, 1.165) is 18.9 Å². The quantitative estimate of drug-likeness (QED) is 0.406. The van der Waals surface area contributed by atoms with Crippen LogP contribution >= 0.6 is 0 Å². The summed E-state index contributed by atoms with van der Waals surface area (Å²) in [6.45, 7) is 3.34. The Labute approximate surface area is 164 Å². The number of halogens is 3. The molecule has 1 aliphatic carbocycles. The summed E-state index contributed by atoms with van der Waals surface area (Å²) < 4.78 is 41.3. The Bertz CT molecular complexity index is 930. The molecular formula is C17H21F3N6O3. The molecule has 9 nitrogen and oxygen atoms in total. The van der Waals surface area contributed by atoms with Gasteiger partial charge in [-0.25, -0.2) is 0 Å². The molecule has 0 saturated heterocycles. The predicted molar refractivity (Wildman–Crippen MR) is 95.2 cm³/mol. The maximum atomic E-state index is 12.9. The van der Waals surface area contributed by atoms with Crippen LogP contribution in [0.3, 0.4) is 0 Å². The van der Waals surface area contributed by atoms with Gasteiger partial charge in [-0.05, 0) is 39.2 Å². The van der Waals surface area contributed by atoms with Gasteiger partial charge in [-0.3, -0.25) is 24.3 Å². The fourth-order valence-corrected chi connectivity index (χ4v) is 3.21. The Hall–Kier alpha value is -2.92. The van der Waals surface area contributed by atoms with Crippen molar-refractivity contribution in [3.05, 3.63) is 39.0 Å². The number of nitrogens with zero attached hydrogens (tertiary/aromatic N) is 5. The lowest BCUT2D eigenvalue weighted by molar-refractivity contribution is -0.386. The molecule has 2 aromatic heterocycles. The van der Waals surface area contributed by atoms with E-state index in [9.17, 15) is 28.1 Å². The van der Waals surface area contributed by atoms with E-state index < -0.39 is 16.8 Å². The van der Waals surface area contributed by atoms with Crippen LogP contribution < -0.4 is 5.32 Å². The summed E-state index contributed by atoms with van der Waals surface area (Å²) in [5.74, 6) is -0.264. The van der Waals surface area contributed by atoms with E-state index in [4.69, 9.17) is 0 Å². The van der Waals surface area contributed by atoms with Crippen molar-refractivity contribution in [1.29, 1.82) is 0 Å². The van der Waals surface area contributed by atoms with Gasteiger partial charge in [0.2, 0.25) is 5.91 Å². The molecule has 1 saturated carbocycles. The SMILES string of the molecule is Cc1nn(CC(=O)NCCCn2nc(C(F)(F)F)cc2C2CC2)c(C)c1[N+](=O)[O-]. The average Bonchev–Trinajstić information content (AvgIpc) is 3.29. The topological polar surface area (TPSA) is 108 Å². The first-order chi connectivity index (χ1) is 13.6. The molecule has 2 aromatic rings. The summed E-state index contributed by atoms with van der Waals surface area (Å²) in [5.41, 5.74) is 0.0812. The minimum Gasteiger partial charge on any atom is -0.354 e. The maximum Gasteiger partial charge on any atom is 0.435 e. The Morgan fingerprint density at radius 2 is 2.00 bits per heavy atom. The lowest BCUT2D eigenvalue weighted by atomic mass is 10.2. The van der Waals surface area contributed by atoms with E-state index in [-0.39, 0.29) is 48.5 Å². The zero-order valence-corrected chi connectivity index (χ0v) is 16.0. The van der Waals surface area contributed by atoms with E-state index in [1.54, 1.807) is 0 Å². The van der Waals surface area contributed by atoms with Crippen LogP contribution in [0.25, 0.3) is 0 Å². The molecule has 29 heavy (non-hydrogen) atoms. The van der Waals surface area contributed by atoms with Gasteiger partial charge in [0.1, 0.15) is 17.9 Å². The highest BCUT2D eigenvalue weighted by atomic mass is 19.4. The molecule has 1 aliphatic rings. The highest BCUT2D eigenvalue weighted by Gasteiger charge is 2.37. The third-order valence-corrected chi connectivity index (χ3v) is 4.79. The molecule has 1 fully saturated rings. The molecule has 3 rings (SSSR count). The van der Waals surface area contributed by atoms with Crippen LogP contribution in [-0.2, 0) is 24.1 Å². The van der Waals surface area contributed by atoms with Gasteiger partial charge < -0.3 is 5.32 Å². The molecule has 158 valence electrons. The molecule has 1 N–H and O–H groups in total. The number of rotatable bonds is 8. The second kappa shape index (κ2) is 7.84. The Kier molecular flexibility index (Phi) is 5.62. The fourth-order valence-electron chi connectivity index (χ4n) is 3.21. The highest BCUT2D eigenvalue weighted by Crippen LogP contribution is 2.42. The number of carbonyl (C=O) groups excluding carboxylic acids is 1. The minimum atomic E-state index is -4.48. The van der Waals surface area contributed by atoms with Gasteiger partial charge in [0.15, 0.2) is 5.69 Å². The van der Waals surface area contributed by atoms with Gasteiger partial charge in [0, 0.05) is 24.7 Å². The number of amides is 1. The molecule has 1 amide bonds. The lowest BCUT2D eigenvalue weighted by Crippen LogP contribution is -2.30. The van der Waals surface area contributed by atoms with Crippen molar-refractivity contribution in [3.63, 3.8) is 0 Å². The number of aryl methyl sites for hydroxylation is 2. The standard InChI is InChI=1S/C17H21F3N6O3/c1-10-16(26(28)29)11(2)25(22-10)9-15(27)21-6-3-7-24-13(12-4-5-12)8-14(23-24)17(18,19)20/h8,12H,3-7,9H2,1-2H3,(H,21,27). The minimum absolute atomic E-state index is 0.120. The number of alkyl halides is 3. The van der Waals surface area contributed by atoms with Gasteiger partial charge in [0.05, 0.1) is 4.92 Å². The van der Waals surface area contributed by atoms with Crippen LogP contribution in [0, 0.1) is 24.0 Å². The number of hydrogen-bond donors (Lipinski definition) is 1. The van der Waals surface area contributed by atoms with Crippen LogP contribution in [-0.4, -0.2) is 36.9 Å². The molecule has 0 spiro atoms. The van der Waals surface area contributed by atoms with Crippen molar-refractivity contribution in [1.82, 2.24) is 24.9 Å². The second-order valence-electron chi connectivity index (χ2n) is 7.09. The summed E-state index contributed by atoms with van der Waals surface area (Å²) in [6.07, 6.45) is -2.36. The second-order valence-corrected chi connectivity index (χ2v) is 7.09. The predicted octanol–water partition coefficient (Wildman–Crippen LogP) is 2.71. The van der Waals surface area contributed by atoms with Crippen LogP contribution in [0.15, 0.2) is 6.07 Å². The lowest BCUT2D eigenvalue weighted by Gasteiger charge is -2.09. The van der Waals surface area contributed by atoms with Crippen molar-refractivity contribution in [2.75, 3.05) is 6.54 Å². The van der Waals surface area contributed by atoms with E-state index in [1.165, 1.54) is 23.2 Å². The third kappa shape index (κ3) is 4.74. The molecule has 0 atom stereocenters. The Morgan fingerprint density at radius 1 is 1.31 bits per heavy atom. The Balaban J connectivity index is 1.52. The van der Waals surface area contributed by atoms with Gasteiger partial charge >= 0.3 is 11.9 Å². The zero-order valence-electron chi connectivity index (χ0n) is 16.0. The fraction of sp³-hybridized carbons (Fsp3) is 0.588. The molecular weight excluding hydrogens is 393 g/mol. The monoisotopic (exact) mass is 414 g/mol. The normalized spacial score (nSPS) is 14.2. The van der Waals surface area contributed by atoms with E-state index >= 15 is 0 Å². The summed E-state index contributed by atoms with van der Waals surface area (Å²) >= 11 is 0. The van der Waals surface area contributed by atoms with Crippen LogP contribution in [0.4, 0.5) is 18.9 Å². The van der Waals surface area contributed by atoms with Crippen LogP contribution in [0.1, 0.15) is 48.0 Å². The Morgan fingerprint density at radius 3 is 2.55 bits per heavy atom. The van der Waals surface area contributed by atoms with Crippen LogP contribution in [0.5, 0.6) is 0 Å². The van der Waals surface area contributed by atoms with E-state index in [1.807, 2.05) is 0 Å². The number of nitrogens with one attached hydrogen (secondary N) is 1. The first kappa shape index (κ1) is 20.8. The highest BCUT2D eigenvalue weighted by molar-refractivity contribution is 5.75. The first-order valence-corrected chi connectivity index (χ1v) is 9.18. The van der Waals surface area contributed by atoms with Crippen molar-refractivity contribution in [2.45, 2.75) is 58.3 Å².